The highest BCUT2D eigenvalue weighted by atomic mass is 15.3. The summed E-state index contributed by atoms with van der Waals surface area (Å²) in [6, 6.07) is 6.44. The maximum atomic E-state index is 3.98. The fraction of sp³-hybridized carbons (Fsp3) is 0.273. The fourth-order valence-electron chi connectivity index (χ4n) is 1.97. The van der Waals surface area contributed by atoms with E-state index in [1.807, 2.05) is 11.5 Å². The van der Waals surface area contributed by atoms with Crippen LogP contribution in [-0.2, 0) is 6.42 Å². The lowest BCUT2D eigenvalue weighted by Gasteiger charge is -2.06. The Labute approximate surface area is 88.0 Å². The minimum Gasteiger partial charge on any atom is -0.384 e. The number of hydrogen-bond acceptors (Lipinski definition) is 3. The first-order valence-electron chi connectivity index (χ1n) is 5.08. The van der Waals surface area contributed by atoms with Gasteiger partial charge in [0.15, 0.2) is 0 Å². The quantitative estimate of drug-likeness (QED) is 0.759. The summed E-state index contributed by atoms with van der Waals surface area (Å²) in [4.78, 5) is 0. The molecule has 0 amide bonds. The highest BCUT2D eigenvalue weighted by Crippen LogP contribution is 2.25. The van der Waals surface area contributed by atoms with Crippen molar-refractivity contribution >= 4 is 5.69 Å². The lowest BCUT2D eigenvalue weighted by molar-refractivity contribution is 0.969. The molecule has 0 spiro atoms. The molecule has 0 atom stereocenters. The van der Waals surface area contributed by atoms with Crippen molar-refractivity contribution in [3.63, 3.8) is 0 Å². The van der Waals surface area contributed by atoms with Crippen LogP contribution >= 0.6 is 0 Å². The molecule has 1 aromatic heterocycles. The van der Waals surface area contributed by atoms with Crippen molar-refractivity contribution in [2.45, 2.75) is 13.3 Å². The number of anilines is 1. The van der Waals surface area contributed by atoms with Gasteiger partial charge >= 0.3 is 0 Å². The standard InChI is InChI=1S/C11H12N4/c1-8-14-13-7-15(8)10-3-2-9-4-5-12-11(9)6-10/h2-3,6-7,12H,4-5H2,1H3. The Bertz CT molecular complexity index is 501. The average molecular weight is 200 g/mol. The van der Waals surface area contributed by atoms with E-state index in [0.717, 1.165) is 24.5 Å². The number of nitrogens with one attached hydrogen (secondary N) is 1. The first kappa shape index (κ1) is 8.47. The Hall–Kier alpha value is -1.84. The van der Waals surface area contributed by atoms with Crippen LogP contribution in [0.3, 0.4) is 0 Å². The van der Waals surface area contributed by atoms with Gasteiger partial charge in [0.05, 0.1) is 5.69 Å². The van der Waals surface area contributed by atoms with E-state index in [4.69, 9.17) is 0 Å². The third-order valence-corrected chi connectivity index (χ3v) is 2.80. The van der Waals surface area contributed by atoms with Crippen molar-refractivity contribution in [2.75, 3.05) is 11.9 Å². The van der Waals surface area contributed by atoms with Crippen molar-refractivity contribution in [3.05, 3.63) is 35.9 Å². The summed E-state index contributed by atoms with van der Waals surface area (Å²) in [7, 11) is 0. The average Bonchev–Trinajstić information content (AvgIpc) is 2.84. The van der Waals surface area contributed by atoms with Gasteiger partial charge in [0.25, 0.3) is 0 Å². The van der Waals surface area contributed by atoms with E-state index in [1.54, 1.807) is 6.33 Å². The van der Waals surface area contributed by atoms with Crippen molar-refractivity contribution < 1.29 is 0 Å². The van der Waals surface area contributed by atoms with E-state index in [0.29, 0.717) is 0 Å². The summed E-state index contributed by atoms with van der Waals surface area (Å²) in [6.45, 7) is 2.99. The number of nitrogens with zero attached hydrogens (tertiary/aromatic N) is 3. The molecule has 2 heterocycles. The van der Waals surface area contributed by atoms with Gasteiger partial charge < -0.3 is 5.32 Å². The van der Waals surface area contributed by atoms with Crippen molar-refractivity contribution in [3.8, 4) is 5.69 Å². The summed E-state index contributed by atoms with van der Waals surface area (Å²) in [6.07, 6.45) is 2.86. The Morgan fingerprint density at radius 2 is 2.33 bits per heavy atom. The second-order valence-electron chi connectivity index (χ2n) is 3.77. The first-order chi connectivity index (χ1) is 7.34. The zero-order valence-electron chi connectivity index (χ0n) is 8.57. The monoisotopic (exact) mass is 200 g/mol. The summed E-state index contributed by atoms with van der Waals surface area (Å²) < 4.78 is 1.99. The molecule has 76 valence electrons. The molecule has 0 fully saturated rings. The van der Waals surface area contributed by atoms with E-state index in [-0.39, 0.29) is 0 Å². The number of rotatable bonds is 1. The van der Waals surface area contributed by atoms with Crippen LogP contribution in [0.15, 0.2) is 24.5 Å². The van der Waals surface area contributed by atoms with Crippen LogP contribution in [0.4, 0.5) is 5.69 Å². The number of fused-ring (bicyclic) bond motifs is 1. The summed E-state index contributed by atoms with van der Waals surface area (Å²) in [5, 5.41) is 11.2. The molecule has 0 saturated heterocycles. The van der Waals surface area contributed by atoms with Gasteiger partial charge in [-0.3, -0.25) is 4.57 Å². The molecule has 1 N–H and O–H groups in total. The molecule has 0 radical (unpaired) electrons. The Balaban J connectivity index is 2.11. The van der Waals surface area contributed by atoms with E-state index >= 15 is 0 Å². The molecule has 15 heavy (non-hydrogen) atoms. The number of benzene rings is 1. The second-order valence-corrected chi connectivity index (χ2v) is 3.77. The van der Waals surface area contributed by atoms with E-state index in [2.05, 4.69) is 33.7 Å². The third kappa shape index (κ3) is 1.29. The zero-order valence-corrected chi connectivity index (χ0v) is 8.57. The molecule has 0 bridgehead atoms. The number of hydrogen-bond donors (Lipinski definition) is 1. The third-order valence-electron chi connectivity index (χ3n) is 2.80. The normalized spacial score (nSPS) is 13.7. The molecule has 1 aliphatic rings. The predicted molar refractivity (Wildman–Crippen MR) is 58.3 cm³/mol. The van der Waals surface area contributed by atoms with Crippen LogP contribution in [0.2, 0.25) is 0 Å². The zero-order chi connectivity index (χ0) is 10.3. The lowest BCUT2D eigenvalue weighted by atomic mass is 10.1. The lowest BCUT2D eigenvalue weighted by Crippen LogP contribution is -1.96. The molecule has 4 nitrogen and oxygen atoms in total. The van der Waals surface area contributed by atoms with Gasteiger partial charge in [-0.25, -0.2) is 0 Å². The topological polar surface area (TPSA) is 42.7 Å². The van der Waals surface area contributed by atoms with Crippen LogP contribution in [-0.4, -0.2) is 21.3 Å². The maximum Gasteiger partial charge on any atom is 0.134 e. The molecule has 4 heteroatoms. The molecule has 0 unspecified atom stereocenters. The largest absolute Gasteiger partial charge is 0.384 e. The minimum atomic E-state index is 0.910. The molecule has 0 saturated carbocycles. The van der Waals surface area contributed by atoms with Crippen molar-refractivity contribution in [1.29, 1.82) is 0 Å². The summed E-state index contributed by atoms with van der Waals surface area (Å²) in [5.74, 6) is 0.910. The highest BCUT2D eigenvalue weighted by molar-refractivity contribution is 5.60. The molecular weight excluding hydrogens is 188 g/mol. The Kier molecular flexibility index (Phi) is 1.74. The Morgan fingerprint density at radius 3 is 3.13 bits per heavy atom. The SMILES string of the molecule is Cc1nncn1-c1ccc2c(c1)NCC2. The smallest absolute Gasteiger partial charge is 0.134 e. The van der Waals surface area contributed by atoms with Crippen LogP contribution in [0.25, 0.3) is 5.69 Å². The van der Waals surface area contributed by atoms with E-state index in [9.17, 15) is 0 Å². The Morgan fingerprint density at radius 1 is 1.40 bits per heavy atom. The van der Waals surface area contributed by atoms with Crippen LogP contribution in [0.1, 0.15) is 11.4 Å². The van der Waals surface area contributed by atoms with Crippen molar-refractivity contribution in [1.82, 2.24) is 14.8 Å². The number of aryl methyl sites for hydroxylation is 1. The maximum absolute atomic E-state index is 3.98. The minimum absolute atomic E-state index is 0.910. The molecule has 3 rings (SSSR count). The van der Waals surface area contributed by atoms with Gasteiger partial charge in [-0.2, -0.15) is 0 Å². The van der Waals surface area contributed by atoms with Gasteiger partial charge in [-0.15, -0.1) is 10.2 Å². The van der Waals surface area contributed by atoms with Gasteiger partial charge in [-0.1, -0.05) is 6.07 Å². The summed E-state index contributed by atoms with van der Waals surface area (Å²) >= 11 is 0. The summed E-state index contributed by atoms with van der Waals surface area (Å²) in [5.41, 5.74) is 3.75. The highest BCUT2D eigenvalue weighted by Gasteiger charge is 2.11. The van der Waals surface area contributed by atoms with Crippen LogP contribution < -0.4 is 5.32 Å². The van der Waals surface area contributed by atoms with Crippen LogP contribution in [0.5, 0.6) is 0 Å². The van der Waals surface area contributed by atoms with Gasteiger partial charge in [0, 0.05) is 12.2 Å². The van der Waals surface area contributed by atoms with E-state index in [1.165, 1.54) is 11.3 Å². The molecule has 1 aliphatic heterocycles. The fourth-order valence-corrected chi connectivity index (χ4v) is 1.97. The van der Waals surface area contributed by atoms with E-state index < -0.39 is 0 Å². The van der Waals surface area contributed by atoms with Gasteiger partial charge in [-0.05, 0) is 31.0 Å². The molecule has 2 aromatic rings. The van der Waals surface area contributed by atoms with Crippen molar-refractivity contribution in [2.24, 2.45) is 0 Å². The number of aromatic nitrogens is 3. The molecule has 1 aromatic carbocycles. The van der Waals surface area contributed by atoms with Gasteiger partial charge in [0.2, 0.25) is 0 Å². The van der Waals surface area contributed by atoms with Crippen LogP contribution in [0, 0.1) is 6.92 Å². The second kappa shape index (κ2) is 3.08. The predicted octanol–water partition coefficient (Wildman–Crippen LogP) is 1.54. The molecule has 0 aliphatic carbocycles. The first-order valence-corrected chi connectivity index (χ1v) is 5.08. The van der Waals surface area contributed by atoms with Gasteiger partial charge in [0.1, 0.15) is 12.2 Å². The molecular formula is C11H12N4.